The summed E-state index contributed by atoms with van der Waals surface area (Å²) in [5, 5.41) is 5.33. The van der Waals surface area contributed by atoms with E-state index in [-0.39, 0.29) is 0 Å². The number of hydrazone groups is 1. The van der Waals surface area contributed by atoms with Crippen molar-refractivity contribution in [1.82, 2.24) is 5.43 Å². The molecule has 0 unspecified atom stereocenters. The van der Waals surface area contributed by atoms with E-state index < -0.39 is 0 Å². The quantitative estimate of drug-likeness (QED) is 0.592. The van der Waals surface area contributed by atoms with E-state index in [2.05, 4.69) is 26.5 Å². The highest BCUT2D eigenvalue weighted by Crippen LogP contribution is 2.28. The molecule has 1 N–H and O–H groups in total. The summed E-state index contributed by atoms with van der Waals surface area (Å²) >= 11 is 9.54. The standard InChI is InChI=1S/C20H13BrClN3/c21-15-8-11-18-17(12-15)19(13-4-2-1-3-5-13)24-25-20(23-18)14-6-9-16(22)10-7-14/h1-12H,(H,23,25). The Morgan fingerprint density at radius 3 is 2.36 bits per heavy atom. The van der Waals surface area contributed by atoms with Crippen LogP contribution in [0.15, 0.2) is 87.4 Å². The van der Waals surface area contributed by atoms with Gasteiger partial charge in [0.05, 0.1) is 5.69 Å². The molecule has 0 spiro atoms. The molecule has 1 aliphatic heterocycles. The molecule has 0 aromatic heterocycles. The van der Waals surface area contributed by atoms with E-state index in [4.69, 9.17) is 16.6 Å². The van der Waals surface area contributed by atoms with E-state index in [9.17, 15) is 0 Å². The number of halogens is 2. The highest BCUT2D eigenvalue weighted by Gasteiger charge is 2.17. The van der Waals surface area contributed by atoms with E-state index in [1.54, 1.807) is 0 Å². The second-order valence-corrected chi connectivity index (χ2v) is 6.92. The van der Waals surface area contributed by atoms with Crippen molar-refractivity contribution < 1.29 is 0 Å². The second-order valence-electron chi connectivity index (χ2n) is 5.57. The highest BCUT2D eigenvalue weighted by molar-refractivity contribution is 9.10. The molecule has 0 aliphatic carbocycles. The van der Waals surface area contributed by atoms with Gasteiger partial charge in [-0.15, -0.1) is 0 Å². The molecule has 4 rings (SSSR count). The van der Waals surface area contributed by atoms with E-state index in [0.29, 0.717) is 10.9 Å². The van der Waals surface area contributed by atoms with Crippen molar-refractivity contribution in [3.8, 4) is 0 Å². The van der Waals surface area contributed by atoms with Gasteiger partial charge in [-0.05, 0) is 42.5 Å². The predicted molar refractivity (Wildman–Crippen MR) is 107 cm³/mol. The molecular weight excluding hydrogens is 398 g/mol. The zero-order valence-corrected chi connectivity index (χ0v) is 15.4. The molecule has 3 nitrogen and oxygen atoms in total. The number of aliphatic imine (C=N–C) groups is 1. The average Bonchev–Trinajstić information content (AvgIpc) is 2.82. The van der Waals surface area contributed by atoms with Crippen LogP contribution in [0.3, 0.4) is 0 Å². The van der Waals surface area contributed by atoms with Crippen LogP contribution in [0.2, 0.25) is 5.02 Å². The van der Waals surface area contributed by atoms with Crippen molar-refractivity contribution in [3.05, 3.63) is 99.0 Å². The third-order valence-corrected chi connectivity index (χ3v) is 4.63. The third-order valence-electron chi connectivity index (χ3n) is 3.88. The summed E-state index contributed by atoms with van der Waals surface area (Å²) in [4.78, 5) is 4.78. The Kier molecular flexibility index (Phi) is 4.38. The average molecular weight is 411 g/mol. The Labute approximate surface area is 159 Å². The lowest BCUT2D eigenvalue weighted by atomic mass is 10.0. The molecule has 5 heteroatoms. The molecule has 0 radical (unpaired) electrons. The van der Waals surface area contributed by atoms with Gasteiger partial charge in [0.2, 0.25) is 0 Å². The SMILES string of the molecule is Clc1ccc(C2=Nc3ccc(Br)cc3C(c3ccccc3)=NN2)cc1. The maximum Gasteiger partial charge on any atom is 0.154 e. The molecular formula is C20H13BrClN3. The molecule has 0 saturated carbocycles. The summed E-state index contributed by atoms with van der Waals surface area (Å²) in [5.41, 5.74) is 7.75. The van der Waals surface area contributed by atoms with Gasteiger partial charge in [-0.3, -0.25) is 5.43 Å². The third kappa shape index (κ3) is 3.36. The van der Waals surface area contributed by atoms with Gasteiger partial charge in [0.25, 0.3) is 0 Å². The smallest absolute Gasteiger partial charge is 0.154 e. The number of hydrogen-bond donors (Lipinski definition) is 1. The highest BCUT2D eigenvalue weighted by atomic mass is 79.9. The number of rotatable bonds is 2. The summed E-state index contributed by atoms with van der Waals surface area (Å²) < 4.78 is 0.986. The number of nitrogens with zero attached hydrogens (tertiary/aromatic N) is 2. The van der Waals surface area contributed by atoms with Gasteiger partial charge in [-0.2, -0.15) is 5.10 Å². The van der Waals surface area contributed by atoms with Gasteiger partial charge in [-0.1, -0.05) is 57.9 Å². The first-order chi connectivity index (χ1) is 12.2. The van der Waals surface area contributed by atoms with Crippen LogP contribution in [0.25, 0.3) is 0 Å². The molecule has 0 amide bonds. The van der Waals surface area contributed by atoms with Crippen LogP contribution in [-0.2, 0) is 0 Å². The number of nitrogens with one attached hydrogen (secondary N) is 1. The summed E-state index contributed by atoms with van der Waals surface area (Å²) in [6.45, 7) is 0. The number of benzene rings is 3. The molecule has 0 saturated heterocycles. The monoisotopic (exact) mass is 409 g/mol. The lowest BCUT2D eigenvalue weighted by molar-refractivity contribution is 1.03. The van der Waals surface area contributed by atoms with Crippen molar-refractivity contribution in [2.75, 3.05) is 0 Å². The van der Waals surface area contributed by atoms with Crippen LogP contribution in [0.4, 0.5) is 5.69 Å². The van der Waals surface area contributed by atoms with Crippen molar-refractivity contribution in [3.63, 3.8) is 0 Å². The Morgan fingerprint density at radius 2 is 1.60 bits per heavy atom. The number of hydrogen-bond acceptors (Lipinski definition) is 3. The first-order valence-electron chi connectivity index (χ1n) is 7.74. The fraction of sp³-hybridized carbons (Fsp3) is 0. The lowest BCUT2D eigenvalue weighted by Crippen LogP contribution is -2.19. The molecule has 1 aliphatic rings. The molecule has 122 valence electrons. The van der Waals surface area contributed by atoms with E-state index in [1.165, 1.54) is 0 Å². The van der Waals surface area contributed by atoms with Crippen molar-refractivity contribution >= 4 is 44.8 Å². The van der Waals surface area contributed by atoms with E-state index in [1.807, 2.05) is 72.8 Å². The first kappa shape index (κ1) is 16.1. The van der Waals surface area contributed by atoms with Crippen LogP contribution < -0.4 is 5.43 Å². The van der Waals surface area contributed by atoms with Crippen molar-refractivity contribution in [2.45, 2.75) is 0 Å². The Hall–Kier alpha value is -2.43. The summed E-state index contributed by atoms with van der Waals surface area (Å²) in [7, 11) is 0. The first-order valence-corrected chi connectivity index (χ1v) is 8.91. The molecule has 1 heterocycles. The fourth-order valence-corrected chi connectivity index (χ4v) is 3.15. The normalized spacial score (nSPS) is 13.2. The van der Waals surface area contributed by atoms with Crippen molar-refractivity contribution in [1.29, 1.82) is 0 Å². The van der Waals surface area contributed by atoms with Gasteiger partial charge in [-0.25, -0.2) is 4.99 Å². The minimum Gasteiger partial charge on any atom is -0.260 e. The Morgan fingerprint density at radius 1 is 0.840 bits per heavy atom. The largest absolute Gasteiger partial charge is 0.260 e. The summed E-state index contributed by atoms with van der Waals surface area (Å²) in [6.07, 6.45) is 0. The molecule has 0 bridgehead atoms. The summed E-state index contributed by atoms with van der Waals surface area (Å²) in [6, 6.07) is 23.6. The van der Waals surface area contributed by atoms with E-state index in [0.717, 1.165) is 32.6 Å². The Bertz CT molecular complexity index is 980. The maximum atomic E-state index is 5.99. The maximum absolute atomic E-state index is 5.99. The van der Waals surface area contributed by atoms with Crippen LogP contribution >= 0.6 is 27.5 Å². The number of fused-ring (bicyclic) bond motifs is 1. The van der Waals surface area contributed by atoms with Crippen LogP contribution in [-0.4, -0.2) is 11.5 Å². The van der Waals surface area contributed by atoms with Crippen LogP contribution in [0.5, 0.6) is 0 Å². The van der Waals surface area contributed by atoms with Crippen molar-refractivity contribution in [2.24, 2.45) is 10.1 Å². The zero-order valence-electron chi connectivity index (χ0n) is 13.1. The fourth-order valence-electron chi connectivity index (χ4n) is 2.66. The van der Waals surface area contributed by atoms with Gasteiger partial charge in [0, 0.05) is 26.2 Å². The minimum atomic E-state index is 0.686. The predicted octanol–water partition coefficient (Wildman–Crippen LogP) is 5.54. The second kappa shape index (κ2) is 6.82. The van der Waals surface area contributed by atoms with Gasteiger partial charge < -0.3 is 0 Å². The topological polar surface area (TPSA) is 36.8 Å². The van der Waals surface area contributed by atoms with Gasteiger partial charge in [0.1, 0.15) is 5.71 Å². The number of amidine groups is 1. The van der Waals surface area contributed by atoms with Crippen LogP contribution in [0, 0.1) is 0 Å². The minimum absolute atomic E-state index is 0.686. The molecule has 0 atom stereocenters. The van der Waals surface area contributed by atoms with E-state index >= 15 is 0 Å². The summed E-state index contributed by atoms with van der Waals surface area (Å²) in [5.74, 6) is 0.686. The Balaban J connectivity index is 1.87. The molecule has 0 fully saturated rings. The molecule has 3 aromatic rings. The van der Waals surface area contributed by atoms with Gasteiger partial charge in [0.15, 0.2) is 5.84 Å². The lowest BCUT2D eigenvalue weighted by Gasteiger charge is -2.08. The van der Waals surface area contributed by atoms with Gasteiger partial charge >= 0.3 is 0 Å². The van der Waals surface area contributed by atoms with Crippen LogP contribution in [0.1, 0.15) is 16.7 Å². The molecule has 3 aromatic carbocycles. The zero-order chi connectivity index (χ0) is 17.2. The molecule has 25 heavy (non-hydrogen) atoms.